The van der Waals surface area contributed by atoms with Crippen LogP contribution in [0.4, 0.5) is 0 Å². The van der Waals surface area contributed by atoms with Crippen LogP contribution in [0.15, 0.2) is 102 Å². The van der Waals surface area contributed by atoms with Gasteiger partial charge in [0.1, 0.15) is 5.58 Å². The molecule has 11 nitrogen and oxygen atoms in total. The Morgan fingerprint density at radius 3 is 1.94 bits per heavy atom. The van der Waals surface area contributed by atoms with E-state index < -0.39 is 0 Å². The summed E-state index contributed by atoms with van der Waals surface area (Å²) in [6, 6.07) is 26.2. The molecule has 0 saturated carbocycles. The zero-order valence-electron chi connectivity index (χ0n) is 27.5. The molecule has 0 aliphatic carbocycles. The molecule has 2 aromatic heterocycles. The van der Waals surface area contributed by atoms with Crippen LogP contribution in [0.25, 0.3) is 49.1 Å². The van der Waals surface area contributed by atoms with Crippen molar-refractivity contribution in [3.05, 3.63) is 120 Å². The van der Waals surface area contributed by atoms with Gasteiger partial charge in [-0.25, -0.2) is 4.68 Å². The highest BCUT2D eigenvalue weighted by Gasteiger charge is 2.35. The van der Waals surface area contributed by atoms with Crippen LogP contribution in [0.3, 0.4) is 0 Å². The Bertz CT molecular complexity index is 2560. The van der Waals surface area contributed by atoms with Gasteiger partial charge in [0.05, 0.1) is 23.7 Å². The van der Waals surface area contributed by atoms with E-state index in [-0.39, 0.29) is 36.7 Å². The van der Waals surface area contributed by atoms with Crippen molar-refractivity contribution >= 4 is 67.0 Å². The number of carbonyl (C=O) groups excluding carboxylic acids is 4. The van der Waals surface area contributed by atoms with E-state index >= 15 is 0 Å². The highest BCUT2D eigenvalue weighted by molar-refractivity contribution is 6.29. The largest absolute Gasteiger partial charge is 0.464 e. The van der Waals surface area contributed by atoms with Crippen LogP contribution >= 0.6 is 0 Å². The van der Waals surface area contributed by atoms with Crippen LogP contribution in [-0.2, 0) is 0 Å². The molecule has 0 saturated heterocycles. The third kappa shape index (κ3) is 4.92. The summed E-state index contributed by atoms with van der Waals surface area (Å²) in [7, 11) is 0. The van der Waals surface area contributed by atoms with Crippen molar-refractivity contribution in [3.63, 3.8) is 0 Å². The quantitative estimate of drug-likeness (QED) is 0.135. The number of hydrogen-bond acceptors (Lipinski definition) is 8. The summed E-state index contributed by atoms with van der Waals surface area (Å²) in [5.74, 6) is -1.22. The van der Waals surface area contributed by atoms with Crippen molar-refractivity contribution in [2.45, 2.75) is 6.42 Å². The maximum atomic E-state index is 13.6. The van der Waals surface area contributed by atoms with Gasteiger partial charge < -0.3 is 15.1 Å². The zero-order valence-corrected chi connectivity index (χ0v) is 27.5. The van der Waals surface area contributed by atoms with Crippen LogP contribution in [0.2, 0.25) is 0 Å². The zero-order chi connectivity index (χ0) is 34.6. The molecule has 11 heteroatoms. The standard InChI is InChI=1S/C40H32N6O5/c47-37-28-9-3-7-26-33(46-32-11-2-1-6-25(32)23-43-46)13-12-30(34(26)28)39(49)44(37)19-17-41-15-5-16-42-18-20-45-38(48)29-10-4-8-27-35(29)31(40(45)50)22-24-14-21-51-36(24)27/h1-4,6-14,21-23,41-42H,5,15-20H2. The average molecular weight is 677 g/mol. The summed E-state index contributed by atoms with van der Waals surface area (Å²) in [5.41, 5.74) is 4.46. The van der Waals surface area contributed by atoms with Gasteiger partial charge in [-0.2, -0.15) is 5.10 Å². The second kappa shape index (κ2) is 12.3. The highest BCUT2D eigenvalue weighted by atomic mass is 16.3. The van der Waals surface area contributed by atoms with E-state index in [4.69, 9.17) is 4.42 Å². The number of carbonyl (C=O) groups is 4. The number of para-hydroxylation sites is 1. The molecule has 0 atom stereocenters. The Labute approximate surface area is 291 Å². The van der Waals surface area contributed by atoms with Crippen LogP contribution in [0.1, 0.15) is 47.9 Å². The SMILES string of the molecule is O=C1c2cccc3c(-n4ncc5ccccc54)ccc(c23)C(=O)N1CCNCCCNCCN1C(=O)c2cccc3c2c(cc2ccoc23)C1=O. The monoisotopic (exact) mass is 676 g/mol. The molecule has 2 N–H and O–H groups in total. The van der Waals surface area contributed by atoms with Gasteiger partial charge in [-0.15, -0.1) is 0 Å². The highest BCUT2D eigenvalue weighted by Crippen LogP contribution is 2.37. The lowest BCUT2D eigenvalue weighted by molar-refractivity contribution is 0.0597. The van der Waals surface area contributed by atoms with Crippen molar-refractivity contribution in [2.75, 3.05) is 39.3 Å². The molecule has 4 amide bonds. The van der Waals surface area contributed by atoms with E-state index in [2.05, 4.69) is 15.7 Å². The number of aromatic nitrogens is 2. The molecule has 0 fully saturated rings. The minimum absolute atomic E-state index is 0.241. The Kier molecular flexibility index (Phi) is 7.45. The summed E-state index contributed by atoms with van der Waals surface area (Å²) >= 11 is 0. The molecule has 2 aliphatic heterocycles. The third-order valence-corrected chi connectivity index (χ3v) is 9.93. The van der Waals surface area contributed by atoms with Gasteiger partial charge in [0.15, 0.2) is 0 Å². The molecule has 0 bridgehead atoms. The smallest absolute Gasteiger partial charge is 0.261 e. The molecule has 0 spiro atoms. The van der Waals surface area contributed by atoms with Crippen LogP contribution in [0, 0.1) is 0 Å². The molecule has 4 heterocycles. The number of benzene rings is 5. The third-order valence-electron chi connectivity index (χ3n) is 9.93. The predicted octanol–water partition coefficient (Wildman–Crippen LogP) is 5.54. The first-order valence-corrected chi connectivity index (χ1v) is 17.1. The van der Waals surface area contributed by atoms with Crippen LogP contribution < -0.4 is 10.6 Å². The summed E-state index contributed by atoms with van der Waals surface area (Å²) in [6.07, 6.45) is 4.18. The van der Waals surface area contributed by atoms with Gasteiger partial charge in [0.2, 0.25) is 0 Å². The van der Waals surface area contributed by atoms with Crippen LogP contribution in [0.5, 0.6) is 0 Å². The lowest BCUT2D eigenvalue weighted by Gasteiger charge is -2.28. The molecular weight excluding hydrogens is 644 g/mol. The molecule has 7 aromatic rings. The van der Waals surface area contributed by atoms with E-state index in [9.17, 15) is 19.2 Å². The maximum absolute atomic E-state index is 13.6. The van der Waals surface area contributed by atoms with E-state index in [0.717, 1.165) is 39.2 Å². The number of fused-ring (bicyclic) bond motifs is 3. The Balaban J connectivity index is 0.780. The Morgan fingerprint density at radius 1 is 0.588 bits per heavy atom. The molecule has 5 aromatic carbocycles. The first-order chi connectivity index (χ1) is 25.0. The number of imide groups is 2. The lowest BCUT2D eigenvalue weighted by atomic mass is 9.92. The number of nitrogens with zero attached hydrogens (tertiary/aromatic N) is 4. The molecule has 0 unspecified atom stereocenters. The summed E-state index contributed by atoms with van der Waals surface area (Å²) < 4.78 is 7.49. The number of furan rings is 1. The number of hydrogen-bond donors (Lipinski definition) is 2. The fourth-order valence-electron chi connectivity index (χ4n) is 7.50. The van der Waals surface area contributed by atoms with Gasteiger partial charge in [-0.3, -0.25) is 29.0 Å². The first kappa shape index (κ1) is 30.9. The summed E-state index contributed by atoms with van der Waals surface area (Å²) in [6.45, 7) is 2.72. The normalized spacial score (nSPS) is 14.3. The molecule has 9 rings (SSSR count). The van der Waals surface area contributed by atoms with Gasteiger partial charge >= 0.3 is 0 Å². The molecular formula is C40H32N6O5. The first-order valence-electron chi connectivity index (χ1n) is 17.1. The van der Waals surface area contributed by atoms with Gasteiger partial charge in [0, 0.05) is 80.8 Å². The lowest BCUT2D eigenvalue weighted by Crippen LogP contribution is -2.44. The van der Waals surface area contributed by atoms with E-state index in [1.807, 2.05) is 71.5 Å². The topological polar surface area (TPSA) is 130 Å². The van der Waals surface area contributed by atoms with Crippen molar-refractivity contribution in [2.24, 2.45) is 0 Å². The maximum Gasteiger partial charge on any atom is 0.261 e. The van der Waals surface area contributed by atoms with Gasteiger partial charge in [0.25, 0.3) is 23.6 Å². The van der Waals surface area contributed by atoms with Gasteiger partial charge in [-0.1, -0.05) is 42.5 Å². The molecule has 51 heavy (non-hydrogen) atoms. The Morgan fingerprint density at radius 2 is 1.22 bits per heavy atom. The van der Waals surface area contributed by atoms with Crippen LogP contribution in [-0.4, -0.2) is 82.5 Å². The molecule has 2 aliphatic rings. The minimum Gasteiger partial charge on any atom is -0.464 e. The second-order valence-electron chi connectivity index (χ2n) is 12.8. The Hall–Kier alpha value is -6.17. The number of nitrogens with one attached hydrogen (secondary N) is 2. The van der Waals surface area contributed by atoms with E-state index in [1.165, 1.54) is 9.80 Å². The predicted molar refractivity (Wildman–Crippen MR) is 193 cm³/mol. The number of rotatable bonds is 11. The summed E-state index contributed by atoms with van der Waals surface area (Å²) in [5, 5.41) is 16.0. The minimum atomic E-state index is -0.307. The number of amides is 4. The fraction of sp³-hybridized carbons (Fsp3) is 0.175. The average Bonchev–Trinajstić information content (AvgIpc) is 3.82. The van der Waals surface area contributed by atoms with E-state index in [1.54, 1.807) is 30.5 Å². The molecule has 0 radical (unpaired) electrons. The van der Waals surface area contributed by atoms with Crippen molar-refractivity contribution in [3.8, 4) is 5.69 Å². The van der Waals surface area contributed by atoms with Gasteiger partial charge in [-0.05, 0) is 62.0 Å². The fourth-order valence-corrected chi connectivity index (χ4v) is 7.50. The van der Waals surface area contributed by atoms with Crippen molar-refractivity contribution < 1.29 is 23.6 Å². The molecule has 252 valence electrons. The summed E-state index contributed by atoms with van der Waals surface area (Å²) in [4.78, 5) is 56.5. The van der Waals surface area contributed by atoms with Crippen molar-refractivity contribution in [1.29, 1.82) is 0 Å². The van der Waals surface area contributed by atoms with E-state index in [0.29, 0.717) is 64.8 Å². The second-order valence-corrected chi connectivity index (χ2v) is 12.8. The van der Waals surface area contributed by atoms with Crippen molar-refractivity contribution in [1.82, 2.24) is 30.2 Å².